The summed E-state index contributed by atoms with van der Waals surface area (Å²) in [6.45, 7) is 10.9. The van der Waals surface area contributed by atoms with Crippen LogP contribution in [0.4, 0.5) is 0 Å². The molecule has 3 heteroatoms. The maximum atomic E-state index is 5.51. The van der Waals surface area contributed by atoms with Crippen LogP contribution in [0.5, 0.6) is 0 Å². The molecule has 1 heterocycles. The Morgan fingerprint density at radius 1 is 1.29 bits per heavy atom. The summed E-state index contributed by atoms with van der Waals surface area (Å²) < 4.78 is 0. The summed E-state index contributed by atoms with van der Waals surface area (Å²) in [6, 6.07) is 0. The van der Waals surface area contributed by atoms with Crippen molar-refractivity contribution in [3.05, 3.63) is 0 Å². The van der Waals surface area contributed by atoms with Crippen LogP contribution >= 0.6 is 13.5 Å². The second kappa shape index (κ2) is 11.3. The van der Waals surface area contributed by atoms with Gasteiger partial charge in [0.2, 0.25) is 0 Å². The summed E-state index contributed by atoms with van der Waals surface area (Å²) in [4.78, 5) is 2.52. The Bertz CT molecular complexity index is 107. The fourth-order valence-corrected chi connectivity index (χ4v) is 1.83. The molecule has 1 fully saturated rings. The zero-order valence-electron chi connectivity index (χ0n) is 10.1. The van der Waals surface area contributed by atoms with Crippen LogP contribution in [0.1, 0.15) is 41.5 Å². The van der Waals surface area contributed by atoms with E-state index in [4.69, 9.17) is 5.73 Å². The fourth-order valence-electron chi connectivity index (χ4n) is 1.83. The van der Waals surface area contributed by atoms with E-state index in [-0.39, 0.29) is 14.9 Å². The molecule has 0 spiro atoms. The lowest BCUT2D eigenvalue weighted by Gasteiger charge is -2.30. The van der Waals surface area contributed by atoms with Crippen molar-refractivity contribution in [2.45, 2.75) is 40.0 Å². The molecule has 0 atom stereocenters. The molecule has 0 amide bonds. The van der Waals surface area contributed by atoms with Gasteiger partial charge in [-0.2, -0.15) is 13.5 Å². The lowest BCUT2D eigenvalue weighted by molar-refractivity contribution is 0.188. The normalized spacial score (nSPS) is 18.0. The molecule has 0 radical (unpaired) electrons. The molecule has 0 aromatic rings. The van der Waals surface area contributed by atoms with Crippen molar-refractivity contribution in [3.63, 3.8) is 0 Å². The molecule has 90 valence electrons. The first kappa shape index (κ1) is 16.7. The molecule has 0 bridgehead atoms. The van der Waals surface area contributed by atoms with Gasteiger partial charge in [0.25, 0.3) is 0 Å². The smallest absolute Gasteiger partial charge is 0 e. The molecular formula is C11H30N2S. The Morgan fingerprint density at radius 3 is 2.14 bits per heavy atom. The van der Waals surface area contributed by atoms with Crippen LogP contribution in [0.15, 0.2) is 0 Å². The van der Waals surface area contributed by atoms with Crippen molar-refractivity contribution >= 4 is 13.5 Å². The Hall–Kier alpha value is 0.270. The maximum Gasteiger partial charge on any atom is 0 e. The predicted octanol–water partition coefficient (Wildman–Crippen LogP) is 2.45. The third kappa shape index (κ3) is 6.68. The van der Waals surface area contributed by atoms with Crippen molar-refractivity contribution in [1.29, 1.82) is 0 Å². The van der Waals surface area contributed by atoms with Gasteiger partial charge < -0.3 is 10.6 Å². The van der Waals surface area contributed by atoms with Gasteiger partial charge in [-0.3, -0.25) is 0 Å². The summed E-state index contributed by atoms with van der Waals surface area (Å²) in [5.41, 5.74) is 5.51. The molecule has 0 aromatic heterocycles. The first-order valence-corrected chi connectivity index (χ1v) is 5.79. The number of piperidine rings is 1. The van der Waals surface area contributed by atoms with E-state index in [9.17, 15) is 0 Å². The Balaban J connectivity index is -0.000000339. The lowest BCUT2D eigenvalue weighted by atomic mass is 9.94. The quantitative estimate of drug-likeness (QED) is 0.795. The molecule has 2 nitrogen and oxygen atoms in total. The standard InChI is InChI=1S/C9H20N2.C2H6.H2S.H2/c1-2-11-7-4-9(3-6-10)5-8-11;1-2;;/h9H,2-8,10H2,1H3;1-2H3;1H2;1H. The average Bonchev–Trinajstić information content (AvgIpc) is 2.23. The number of hydrogen-bond donors (Lipinski definition) is 1. The van der Waals surface area contributed by atoms with Gasteiger partial charge in [-0.1, -0.05) is 20.8 Å². The predicted molar refractivity (Wildman–Crippen MR) is 72.4 cm³/mol. The number of hydrogen-bond acceptors (Lipinski definition) is 2. The summed E-state index contributed by atoms with van der Waals surface area (Å²) in [5, 5.41) is 0. The molecule has 0 aromatic carbocycles. The zero-order chi connectivity index (χ0) is 10.1. The SMILES string of the molecule is CC.CCN1CCC(CCN)CC1.S.[HH]. The number of rotatable bonds is 3. The van der Waals surface area contributed by atoms with E-state index >= 15 is 0 Å². The second-order valence-corrected chi connectivity index (χ2v) is 3.45. The van der Waals surface area contributed by atoms with E-state index < -0.39 is 0 Å². The van der Waals surface area contributed by atoms with Crippen molar-refractivity contribution in [2.75, 3.05) is 26.2 Å². The Labute approximate surface area is 98.2 Å². The van der Waals surface area contributed by atoms with Gasteiger partial charge in [0.1, 0.15) is 0 Å². The van der Waals surface area contributed by atoms with Gasteiger partial charge in [0.05, 0.1) is 0 Å². The molecule has 0 saturated carbocycles. The highest BCUT2D eigenvalue weighted by molar-refractivity contribution is 7.59. The minimum Gasteiger partial charge on any atom is -0.330 e. The van der Waals surface area contributed by atoms with Crippen molar-refractivity contribution in [3.8, 4) is 0 Å². The minimum atomic E-state index is 0. The molecule has 1 saturated heterocycles. The summed E-state index contributed by atoms with van der Waals surface area (Å²) >= 11 is 0. The van der Waals surface area contributed by atoms with Crippen LogP contribution in [0.2, 0.25) is 0 Å². The summed E-state index contributed by atoms with van der Waals surface area (Å²) in [6.07, 6.45) is 3.97. The van der Waals surface area contributed by atoms with Crippen molar-refractivity contribution in [2.24, 2.45) is 11.7 Å². The monoisotopic (exact) mass is 222 g/mol. The topological polar surface area (TPSA) is 29.3 Å². The Kier molecular flexibility index (Phi) is 13.5. The molecule has 0 unspecified atom stereocenters. The molecular weight excluding hydrogens is 192 g/mol. The van der Waals surface area contributed by atoms with Crippen LogP contribution in [0, 0.1) is 5.92 Å². The third-order valence-electron chi connectivity index (χ3n) is 2.73. The molecule has 1 rings (SSSR count). The van der Waals surface area contributed by atoms with Gasteiger partial charge in [-0.05, 0) is 51.4 Å². The van der Waals surface area contributed by atoms with Gasteiger partial charge >= 0.3 is 0 Å². The van der Waals surface area contributed by atoms with E-state index in [1.165, 1.54) is 38.9 Å². The maximum absolute atomic E-state index is 5.51. The molecule has 0 aliphatic carbocycles. The highest BCUT2D eigenvalue weighted by Crippen LogP contribution is 2.18. The molecule has 1 aliphatic rings. The number of likely N-dealkylation sites (tertiary alicyclic amines) is 1. The number of nitrogens with two attached hydrogens (primary N) is 1. The van der Waals surface area contributed by atoms with Crippen LogP contribution in [-0.4, -0.2) is 31.1 Å². The van der Waals surface area contributed by atoms with Crippen molar-refractivity contribution in [1.82, 2.24) is 4.90 Å². The van der Waals surface area contributed by atoms with Gasteiger partial charge in [-0.25, -0.2) is 0 Å². The van der Waals surface area contributed by atoms with Gasteiger partial charge in [-0.15, -0.1) is 0 Å². The fraction of sp³-hybridized carbons (Fsp3) is 1.00. The third-order valence-corrected chi connectivity index (χ3v) is 2.73. The minimum absolute atomic E-state index is 0. The van der Waals surface area contributed by atoms with Crippen molar-refractivity contribution < 1.29 is 1.43 Å². The molecule has 2 N–H and O–H groups in total. The largest absolute Gasteiger partial charge is 0.330 e. The van der Waals surface area contributed by atoms with Gasteiger partial charge in [0.15, 0.2) is 0 Å². The average molecular weight is 222 g/mol. The Morgan fingerprint density at radius 2 is 1.79 bits per heavy atom. The van der Waals surface area contributed by atoms with E-state index in [0.29, 0.717) is 0 Å². The first-order valence-electron chi connectivity index (χ1n) is 5.79. The van der Waals surface area contributed by atoms with E-state index in [0.717, 1.165) is 12.5 Å². The summed E-state index contributed by atoms with van der Waals surface area (Å²) in [5.74, 6) is 0.919. The zero-order valence-corrected chi connectivity index (χ0v) is 11.1. The summed E-state index contributed by atoms with van der Waals surface area (Å²) in [7, 11) is 0. The number of nitrogens with zero attached hydrogens (tertiary/aromatic N) is 1. The highest BCUT2D eigenvalue weighted by atomic mass is 32.1. The van der Waals surface area contributed by atoms with E-state index in [1.54, 1.807) is 0 Å². The van der Waals surface area contributed by atoms with Crippen LogP contribution < -0.4 is 5.73 Å². The van der Waals surface area contributed by atoms with Gasteiger partial charge in [0, 0.05) is 1.43 Å². The van der Waals surface area contributed by atoms with E-state index in [1.807, 2.05) is 13.8 Å². The van der Waals surface area contributed by atoms with Crippen LogP contribution in [0.3, 0.4) is 0 Å². The van der Waals surface area contributed by atoms with Crippen LogP contribution in [-0.2, 0) is 0 Å². The van der Waals surface area contributed by atoms with E-state index in [2.05, 4.69) is 11.8 Å². The molecule has 14 heavy (non-hydrogen) atoms. The lowest BCUT2D eigenvalue weighted by Crippen LogP contribution is -2.33. The van der Waals surface area contributed by atoms with Crippen LogP contribution in [0.25, 0.3) is 0 Å². The second-order valence-electron chi connectivity index (χ2n) is 3.45. The first-order chi connectivity index (χ1) is 6.36. The highest BCUT2D eigenvalue weighted by Gasteiger charge is 2.16. The molecule has 1 aliphatic heterocycles.